The minimum Gasteiger partial charge on any atom is -0.493 e. The molecule has 7 heteroatoms. The number of aliphatic imine (C=N–C) groups is 1. The van der Waals surface area contributed by atoms with Gasteiger partial charge in [-0.25, -0.2) is 0 Å². The van der Waals surface area contributed by atoms with Crippen LogP contribution in [-0.2, 0) is 17.8 Å². The average Bonchev–Trinajstić information content (AvgIpc) is 2.81. The SMILES string of the molecule is CN=C(NCCc1ccc(OC)c(OC)c1OC)NCC(C)COCc1ccccc1. The lowest BCUT2D eigenvalue weighted by atomic mass is 10.1. The Morgan fingerprint density at radius 2 is 1.68 bits per heavy atom. The predicted molar refractivity (Wildman–Crippen MR) is 124 cm³/mol. The van der Waals surface area contributed by atoms with E-state index in [-0.39, 0.29) is 0 Å². The molecule has 0 aliphatic heterocycles. The molecule has 0 aliphatic carbocycles. The summed E-state index contributed by atoms with van der Waals surface area (Å²) in [5, 5.41) is 6.70. The van der Waals surface area contributed by atoms with Gasteiger partial charge in [0.05, 0.1) is 34.5 Å². The minimum absolute atomic E-state index is 0.355. The molecule has 170 valence electrons. The van der Waals surface area contributed by atoms with Crippen LogP contribution >= 0.6 is 0 Å². The lowest BCUT2D eigenvalue weighted by molar-refractivity contribution is 0.0931. The molecule has 2 N–H and O–H groups in total. The van der Waals surface area contributed by atoms with Crippen LogP contribution in [0.15, 0.2) is 47.5 Å². The molecular formula is C24H35N3O4. The summed E-state index contributed by atoms with van der Waals surface area (Å²) in [5.41, 5.74) is 2.22. The summed E-state index contributed by atoms with van der Waals surface area (Å²) in [4.78, 5) is 4.30. The summed E-state index contributed by atoms with van der Waals surface area (Å²) in [6.45, 7) is 4.94. The predicted octanol–water partition coefficient (Wildman–Crippen LogP) is 3.27. The molecule has 0 bridgehead atoms. The van der Waals surface area contributed by atoms with Gasteiger partial charge in [-0.15, -0.1) is 0 Å². The van der Waals surface area contributed by atoms with E-state index >= 15 is 0 Å². The van der Waals surface area contributed by atoms with Gasteiger partial charge in [0.1, 0.15) is 0 Å². The standard InChI is InChI=1S/C24H35N3O4/c1-18(16-31-17-19-9-7-6-8-10-19)15-27-24(25-2)26-14-13-20-11-12-21(28-3)23(30-5)22(20)29-4/h6-12,18H,13-17H2,1-5H3,(H2,25,26,27). The van der Waals surface area contributed by atoms with Crippen LogP contribution in [0.3, 0.4) is 0 Å². The summed E-state index contributed by atoms with van der Waals surface area (Å²) in [6, 6.07) is 14.1. The quantitative estimate of drug-likeness (QED) is 0.399. The number of guanidine groups is 1. The molecule has 0 saturated carbocycles. The highest BCUT2D eigenvalue weighted by molar-refractivity contribution is 5.79. The summed E-state index contributed by atoms with van der Waals surface area (Å²) in [5.74, 6) is 3.06. The van der Waals surface area contributed by atoms with Gasteiger partial charge in [0.15, 0.2) is 17.5 Å². The molecule has 1 atom stereocenters. The monoisotopic (exact) mass is 429 g/mol. The lowest BCUT2D eigenvalue weighted by Crippen LogP contribution is -2.40. The maximum Gasteiger partial charge on any atom is 0.203 e. The molecule has 0 radical (unpaired) electrons. The molecule has 0 aromatic heterocycles. The highest BCUT2D eigenvalue weighted by Gasteiger charge is 2.15. The first kappa shape index (κ1) is 24.3. The normalized spacial score (nSPS) is 12.2. The Hall–Kier alpha value is -2.93. The minimum atomic E-state index is 0.355. The molecule has 0 aliphatic rings. The van der Waals surface area contributed by atoms with Crippen molar-refractivity contribution >= 4 is 5.96 Å². The third-order valence-corrected chi connectivity index (χ3v) is 4.83. The van der Waals surface area contributed by atoms with E-state index in [0.717, 1.165) is 24.5 Å². The lowest BCUT2D eigenvalue weighted by Gasteiger charge is -2.18. The Bertz CT molecular complexity index is 812. The van der Waals surface area contributed by atoms with E-state index in [1.807, 2.05) is 30.3 Å². The molecule has 0 amide bonds. The molecule has 2 aromatic carbocycles. The third-order valence-electron chi connectivity index (χ3n) is 4.83. The van der Waals surface area contributed by atoms with Gasteiger partial charge in [0.25, 0.3) is 0 Å². The van der Waals surface area contributed by atoms with Crippen molar-refractivity contribution in [2.45, 2.75) is 20.0 Å². The van der Waals surface area contributed by atoms with E-state index in [2.05, 4.69) is 34.7 Å². The fourth-order valence-corrected chi connectivity index (χ4v) is 3.18. The smallest absolute Gasteiger partial charge is 0.203 e. The zero-order chi connectivity index (χ0) is 22.5. The second-order valence-corrected chi connectivity index (χ2v) is 7.23. The van der Waals surface area contributed by atoms with Crippen LogP contribution in [0.25, 0.3) is 0 Å². The van der Waals surface area contributed by atoms with Crippen molar-refractivity contribution in [3.63, 3.8) is 0 Å². The number of ether oxygens (including phenoxy) is 4. The van der Waals surface area contributed by atoms with Gasteiger partial charge in [-0.3, -0.25) is 4.99 Å². The third kappa shape index (κ3) is 7.68. The van der Waals surface area contributed by atoms with Gasteiger partial charge in [-0.2, -0.15) is 0 Å². The number of methoxy groups -OCH3 is 3. The Morgan fingerprint density at radius 3 is 2.32 bits per heavy atom. The van der Waals surface area contributed by atoms with Crippen molar-refractivity contribution in [1.29, 1.82) is 0 Å². The molecule has 2 rings (SSSR count). The van der Waals surface area contributed by atoms with Crippen molar-refractivity contribution < 1.29 is 18.9 Å². The molecule has 1 unspecified atom stereocenters. The molecule has 0 heterocycles. The highest BCUT2D eigenvalue weighted by Crippen LogP contribution is 2.39. The van der Waals surface area contributed by atoms with Crippen molar-refractivity contribution in [3.05, 3.63) is 53.6 Å². The molecule has 0 spiro atoms. The second-order valence-electron chi connectivity index (χ2n) is 7.23. The summed E-state index contributed by atoms with van der Waals surface area (Å²) < 4.78 is 22.2. The van der Waals surface area contributed by atoms with Crippen molar-refractivity contribution in [3.8, 4) is 17.2 Å². The van der Waals surface area contributed by atoms with Crippen LogP contribution in [0.5, 0.6) is 17.2 Å². The van der Waals surface area contributed by atoms with Crippen LogP contribution in [0, 0.1) is 5.92 Å². The number of nitrogens with zero attached hydrogens (tertiary/aromatic N) is 1. The van der Waals surface area contributed by atoms with Gasteiger partial charge in [-0.05, 0) is 24.0 Å². The van der Waals surface area contributed by atoms with Crippen molar-refractivity contribution in [2.24, 2.45) is 10.9 Å². The largest absolute Gasteiger partial charge is 0.493 e. The fraction of sp³-hybridized carbons (Fsp3) is 0.458. The molecular weight excluding hydrogens is 394 g/mol. The number of nitrogens with one attached hydrogen (secondary N) is 2. The van der Waals surface area contributed by atoms with E-state index in [9.17, 15) is 0 Å². The van der Waals surface area contributed by atoms with Crippen LogP contribution in [0.4, 0.5) is 0 Å². The van der Waals surface area contributed by atoms with Crippen LogP contribution < -0.4 is 24.8 Å². The van der Waals surface area contributed by atoms with Gasteiger partial charge >= 0.3 is 0 Å². The number of rotatable bonds is 12. The number of benzene rings is 2. The number of hydrogen-bond acceptors (Lipinski definition) is 5. The van der Waals surface area contributed by atoms with E-state index in [1.165, 1.54) is 5.56 Å². The summed E-state index contributed by atoms with van der Waals surface area (Å²) >= 11 is 0. The van der Waals surface area contributed by atoms with Crippen molar-refractivity contribution in [2.75, 3.05) is 48.1 Å². The van der Waals surface area contributed by atoms with E-state index in [4.69, 9.17) is 18.9 Å². The van der Waals surface area contributed by atoms with Gasteiger partial charge < -0.3 is 29.6 Å². The second kappa shape index (κ2) is 13.4. The maximum absolute atomic E-state index is 5.82. The van der Waals surface area contributed by atoms with Crippen molar-refractivity contribution in [1.82, 2.24) is 10.6 Å². The first-order chi connectivity index (χ1) is 15.1. The Balaban J connectivity index is 1.76. The Kier molecular flexibility index (Phi) is 10.5. The first-order valence-corrected chi connectivity index (χ1v) is 10.5. The summed E-state index contributed by atoms with van der Waals surface area (Å²) in [6.07, 6.45) is 0.750. The molecule has 0 saturated heterocycles. The first-order valence-electron chi connectivity index (χ1n) is 10.5. The molecule has 7 nitrogen and oxygen atoms in total. The topological polar surface area (TPSA) is 73.3 Å². The van der Waals surface area contributed by atoms with Gasteiger partial charge in [0.2, 0.25) is 5.75 Å². The number of hydrogen-bond donors (Lipinski definition) is 2. The van der Waals surface area contributed by atoms with Crippen LogP contribution in [0.1, 0.15) is 18.1 Å². The Labute approximate surface area is 185 Å². The van der Waals surface area contributed by atoms with Crippen LogP contribution in [-0.4, -0.2) is 54.0 Å². The summed E-state index contributed by atoms with van der Waals surface area (Å²) in [7, 11) is 6.62. The zero-order valence-corrected chi connectivity index (χ0v) is 19.2. The van der Waals surface area contributed by atoms with E-state index in [0.29, 0.717) is 42.9 Å². The van der Waals surface area contributed by atoms with Gasteiger partial charge in [-0.1, -0.05) is 43.3 Å². The average molecular weight is 430 g/mol. The fourth-order valence-electron chi connectivity index (χ4n) is 3.18. The van der Waals surface area contributed by atoms with E-state index < -0.39 is 0 Å². The molecule has 31 heavy (non-hydrogen) atoms. The molecule has 2 aromatic rings. The zero-order valence-electron chi connectivity index (χ0n) is 19.2. The van der Waals surface area contributed by atoms with Gasteiger partial charge in [0, 0.05) is 25.7 Å². The van der Waals surface area contributed by atoms with E-state index in [1.54, 1.807) is 28.4 Å². The molecule has 0 fully saturated rings. The maximum atomic E-state index is 5.82. The highest BCUT2D eigenvalue weighted by atomic mass is 16.5. The Morgan fingerprint density at radius 1 is 0.935 bits per heavy atom. The van der Waals surface area contributed by atoms with Crippen LogP contribution in [0.2, 0.25) is 0 Å².